The Morgan fingerprint density at radius 2 is 1.72 bits per heavy atom. The summed E-state index contributed by atoms with van der Waals surface area (Å²) >= 11 is 0. The number of ether oxygens (including phenoxy) is 2. The molecule has 18 heavy (non-hydrogen) atoms. The van der Waals surface area contributed by atoms with Crippen molar-refractivity contribution in [1.29, 1.82) is 0 Å². The Morgan fingerprint density at radius 3 is 2.22 bits per heavy atom. The molecule has 0 aromatic heterocycles. The highest BCUT2D eigenvalue weighted by molar-refractivity contribution is 5.95. The van der Waals surface area contributed by atoms with Gasteiger partial charge in [-0.05, 0) is 18.6 Å². The molecule has 0 fully saturated rings. The second-order valence-corrected chi connectivity index (χ2v) is 4.06. The number of benzene rings is 1. The average molecular weight is 251 g/mol. The highest BCUT2D eigenvalue weighted by Crippen LogP contribution is 2.22. The zero-order valence-corrected chi connectivity index (χ0v) is 11.3. The maximum atomic E-state index is 11.9. The van der Waals surface area contributed by atoms with E-state index in [2.05, 4.69) is 12.2 Å². The van der Waals surface area contributed by atoms with Crippen molar-refractivity contribution < 1.29 is 14.3 Å². The molecule has 0 aliphatic rings. The van der Waals surface area contributed by atoms with Crippen molar-refractivity contribution in [3.63, 3.8) is 0 Å². The summed E-state index contributed by atoms with van der Waals surface area (Å²) in [5, 5.41) is 2.89. The lowest BCUT2D eigenvalue weighted by molar-refractivity contribution is 0.0952. The lowest BCUT2D eigenvalue weighted by atomic mass is 10.2. The number of carbonyl (C=O) groups is 1. The van der Waals surface area contributed by atoms with Gasteiger partial charge in [0.05, 0.1) is 14.2 Å². The molecule has 0 radical (unpaired) electrons. The number of amides is 1. The first-order valence-corrected chi connectivity index (χ1v) is 6.22. The topological polar surface area (TPSA) is 47.6 Å². The Kier molecular flexibility index (Phi) is 6.05. The molecule has 1 rings (SSSR count). The van der Waals surface area contributed by atoms with E-state index >= 15 is 0 Å². The van der Waals surface area contributed by atoms with Crippen LogP contribution in [-0.2, 0) is 0 Å². The van der Waals surface area contributed by atoms with Gasteiger partial charge in [-0.1, -0.05) is 19.8 Å². The molecule has 0 unspecified atom stereocenters. The smallest absolute Gasteiger partial charge is 0.251 e. The molecule has 0 saturated heterocycles. The number of nitrogens with one attached hydrogen (secondary N) is 1. The molecule has 1 aromatic carbocycles. The second-order valence-electron chi connectivity index (χ2n) is 4.06. The first-order valence-electron chi connectivity index (χ1n) is 6.22. The maximum Gasteiger partial charge on any atom is 0.251 e. The van der Waals surface area contributed by atoms with Gasteiger partial charge in [0.25, 0.3) is 5.91 Å². The maximum absolute atomic E-state index is 11.9. The number of hydrogen-bond acceptors (Lipinski definition) is 3. The van der Waals surface area contributed by atoms with Crippen molar-refractivity contribution in [2.75, 3.05) is 20.8 Å². The Bertz CT molecular complexity index is 368. The van der Waals surface area contributed by atoms with Crippen LogP contribution in [0.3, 0.4) is 0 Å². The van der Waals surface area contributed by atoms with Crippen LogP contribution in [0.2, 0.25) is 0 Å². The predicted molar refractivity (Wildman–Crippen MR) is 71.4 cm³/mol. The Morgan fingerprint density at radius 1 is 1.11 bits per heavy atom. The van der Waals surface area contributed by atoms with Crippen molar-refractivity contribution in [3.05, 3.63) is 23.8 Å². The van der Waals surface area contributed by atoms with E-state index in [1.807, 2.05) is 0 Å². The van der Waals surface area contributed by atoms with Crippen LogP contribution in [0.15, 0.2) is 18.2 Å². The van der Waals surface area contributed by atoms with Gasteiger partial charge < -0.3 is 14.8 Å². The summed E-state index contributed by atoms with van der Waals surface area (Å²) in [5.74, 6) is 1.14. The van der Waals surface area contributed by atoms with E-state index in [1.54, 1.807) is 32.4 Å². The molecule has 0 saturated carbocycles. The van der Waals surface area contributed by atoms with E-state index in [4.69, 9.17) is 9.47 Å². The summed E-state index contributed by atoms with van der Waals surface area (Å²) in [5.41, 5.74) is 0.558. The van der Waals surface area contributed by atoms with Crippen LogP contribution in [0.4, 0.5) is 0 Å². The molecule has 0 atom stereocenters. The van der Waals surface area contributed by atoms with Crippen molar-refractivity contribution in [2.24, 2.45) is 0 Å². The quantitative estimate of drug-likeness (QED) is 0.758. The molecule has 0 spiro atoms. The molecule has 4 heteroatoms. The predicted octanol–water partition coefficient (Wildman–Crippen LogP) is 2.62. The van der Waals surface area contributed by atoms with Crippen molar-refractivity contribution >= 4 is 5.91 Å². The summed E-state index contributed by atoms with van der Waals surface area (Å²) < 4.78 is 10.3. The third-order valence-corrected chi connectivity index (χ3v) is 2.68. The fourth-order valence-corrected chi connectivity index (χ4v) is 1.62. The summed E-state index contributed by atoms with van der Waals surface area (Å²) in [6.45, 7) is 2.83. The fourth-order valence-electron chi connectivity index (χ4n) is 1.62. The highest BCUT2D eigenvalue weighted by Gasteiger charge is 2.09. The largest absolute Gasteiger partial charge is 0.497 e. The number of unbranched alkanes of at least 4 members (excludes halogenated alkanes) is 2. The number of hydrogen-bond donors (Lipinski definition) is 1. The first-order chi connectivity index (χ1) is 8.71. The lowest BCUT2D eigenvalue weighted by Crippen LogP contribution is -2.24. The summed E-state index contributed by atoms with van der Waals surface area (Å²) in [6.07, 6.45) is 3.27. The van der Waals surface area contributed by atoms with Gasteiger partial charge in [-0.3, -0.25) is 4.79 Å². The van der Waals surface area contributed by atoms with E-state index < -0.39 is 0 Å². The number of carbonyl (C=O) groups excluding carboxylic acids is 1. The van der Waals surface area contributed by atoms with E-state index in [9.17, 15) is 4.79 Å². The second kappa shape index (κ2) is 7.58. The summed E-state index contributed by atoms with van der Waals surface area (Å²) in [4.78, 5) is 11.9. The Hall–Kier alpha value is -1.71. The Balaban J connectivity index is 2.66. The van der Waals surface area contributed by atoms with E-state index in [-0.39, 0.29) is 5.91 Å². The van der Waals surface area contributed by atoms with Crippen LogP contribution in [0.5, 0.6) is 11.5 Å². The standard InChI is InChI=1S/C14H21NO3/c1-4-5-6-7-15-14(16)11-8-12(17-2)10-13(9-11)18-3/h8-10H,4-7H2,1-3H3,(H,15,16). The zero-order valence-electron chi connectivity index (χ0n) is 11.3. The van der Waals surface area contributed by atoms with E-state index in [1.165, 1.54) is 0 Å². The molecule has 0 heterocycles. The third-order valence-electron chi connectivity index (χ3n) is 2.68. The van der Waals surface area contributed by atoms with Gasteiger partial charge in [0, 0.05) is 18.2 Å². The minimum absolute atomic E-state index is 0.0942. The van der Waals surface area contributed by atoms with Gasteiger partial charge in [-0.15, -0.1) is 0 Å². The number of methoxy groups -OCH3 is 2. The molecule has 0 aliphatic heterocycles. The van der Waals surface area contributed by atoms with Crippen molar-refractivity contribution in [2.45, 2.75) is 26.2 Å². The van der Waals surface area contributed by atoms with Crippen LogP contribution in [0.25, 0.3) is 0 Å². The van der Waals surface area contributed by atoms with Crippen LogP contribution in [0.1, 0.15) is 36.5 Å². The molecule has 1 amide bonds. The van der Waals surface area contributed by atoms with Crippen molar-refractivity contribution in [1.82, 2.24) is 5.32 Å². The first kappa shape index (κ1) is 14.4. The summed E-state index contributed by atoms with van der Waals surface area (Å²) in [6, 6.07) is 5.16. The third kappa shape index (κ3) is 4.28. The molecule has 1 aromatic rings. The fraction of sp³-hybridized carbons (Fsp3) is 0.500. The SMILES string of the molecule is CCCCCNC(=O)c1cc(OC)cc(OC)c1. The Labute approximate surface area is 108 Å². The van der Waals surface area contributed by atoms with Crippen molar-refractivity contribution in [3.8, 4) is 11.5 Å². The van der Waals surface area contributed by atoms with Crippen LogP contribution in [-0.4, -0.2) is 26.7 Å². The molecular formula is C14H21NO3. The van der Waals surface area contributed by atoms with Gasteiger partial charge in [0.1, 0.15) is 11.5 Å². The molecule has 0 aliphatic carbocycles. The van der Waals surface area contributed by atoms with Crippen LogP contribution in [0, 0.1) is 0 Å². The zero-order chi connectivity index (χ0) is 13.4. The van der Waals surface area contributed by atoms with Gasteiger partial charge in [0.2, 0.25) is 0 Å². The minimum atomic E-state index is -0.0942. The van der Waals surface area contributed by atoms with Crippen LogP contribution >= 0.6 is 0 Å². The van der Waals surface area contributed by atoms with E-state index in [0.717, 1.165) is 19.3 Å². The number of rotatable bonds is 7. The van der Waals surface area contributed by atoms with E-state index in [0.29, 0.717) is 23.6 Å². The normalized spacial score (nSPS) is 9.94. The molecule has 100 valence electrons. The van der Waals surface area contributed by atoms with Gasteiger partial charge >= 0.3 is 0 Å². The van der Waals surface area contributed by atoms with Crippen LogP contribution < -0.4 is 14.8 Å². The average Bonchev–Trinajstić information content (AvgIpc) is 2.42. The molecular weight excluding hydrogens is 230 g/mol. The molecule has 4 nitrogen and oxygen atoms in total. The minimum Gasteiger partial charge on any atom is -0.497 e. The van der Waals surface area contributed by atoms with Gasteiger partial charge in [0.15, 0.2) is 0 Å². The van der Waals surface area contributed by atoms with Gasteiger partial charge in [-0.2, -0.15) is 0 Å². The van der Waals surface area contributed by atoms with Gasteiger partial charge in [-0.25, -0.2) is 0 Å². The monoisotopic (exact) mass is 251 g/mol. The molecule has 1 N–H and O–H groups in total. The summed E-state index contributed by atoms with van der Waals surface area (Å²) in [7, 11) is 3.13. The highest BCUT2D eigenvalue weighted by atomic mass is 16.5. The molecule has 0 bridgehead atoms. The lowest BCUT2D eigenvalue weighted by Gasteiger charge is -2.09.